The average Bonchev–Trinajstić information content (AvgIpc) is 3.24. The van der Waals surface area contributed by atoms with Gasteiger partial charge in [-0.05, 0) is 25.1 Å². The van der Waals surface area contributed by atoms with Gasteiger partial charge in [-0.25, -0.2) is 14.8 Å². The van der Waals surface area contributed by atoms with Crippen LogP contribution in [0, 0.1) is 0 Å². The van der Waals surface area contributed by atoms with Gasteiger partial charge < -0.3 is 19.2 Å². The minimum Gasteiger partial charge on any atom is -0.462 e. The van der Waals surface area contributed by atoms with Crippen molar-refractivity contribution in [2.75, 3.05) is 32.9 Å². The lowest BCUT2D eigenvalue weighted by Crippen LogP contribution is -2.45. The van der Waals surface area contributed by atoms with E-state index in [-0.39, 0.29) is 23.8 Å². The number of nitrogens with zero attached hydrogens (tertiary/aromatic N) is 2. The molecule has 2 aromatic rings. The number of ketones is 1. The molecule has 0 atom stereocenters. The van der Waals surface area contributed by atoms with Crippen LogP contribution in [0.4, 0.5) is 0 Å². The minimum absolute atomic E-state index is 0.0450. The number of nitrogens with one attached hydrogen (secondary N) is 2. The Balaban J connectivity index is 1.64. The van der Waals surface area contributed by atoms with Crippen LogP contribution in [0.15, 0.2) is 41.7 Å². The topological polar surface area (TPSA) is 106 Å². The van der Waals surface area contributed by atoms with Crippen LogP contribution in [0.25, 0.3) is 17.1 Å². The van der Waals surface area contributed by atoms with Crippen LogP contribution < -0.4 is 5.43 Å². The number of hydrazine groups is 1. The van der Waals surface area contributed by atoms with E-state index in [0.717, 1.165) is 10.9 Å². The molecule has 1 fully saturated rings. The summed E-state index contributed by atoms with van der Waals surface area (Å²) >= 11 is 0. The van der Waals surface area contributed by atoms with Gasteiger partial charge in [-0.2, -0.15) is 0 Å². The van der Waals surface area contributed by atoms with Crippen molar-refractivity contribution in [3.8, 4) is 0 Å². The first-order valence-electron chi connectivity index (χ1n) is 9.04. The fraction of sp³-hybridized carbons (Fsp3) is 0.316. The SMILES string of the molecule is CCOC(=O)C1=C(NN2CCOCC2)O/C(=C\c2c[nH]c3ncccc23)C1=O. The molecule has 2 aromatic heterocycles. The second-order valence-electron chi connectivity index (χ2n) is 6.22. The number of morpholine rings is 1. The molecule has 4 heterocycles. The number of H-pyrrole nitrogens is 1. The van der Waals surface area contributed by atoms with E-state index in [9.17, 15) is 9.59 Å². The number of ether oxygens (including phenoxy) is 3. The van der Waals surface area contributed by atoms with Crippen LogP contribution in [0.5, 0.6) is 0 Å². The maximum absolute atomic E-state index is 12.9. The van der Waals surface area contributed by atoms with Gasteiger partial charge in [0.25, 0.3) is 0 Å². The third-order valence-electron chi connectivity index (χ3n) is 4.41. The van der Waals surface area contributed by atoms with E-state index in [1.165, 1.54) is 0 Å². The van der Waals surface area contributed by atoms with Crippen LogP contribution >= 0.6 is 0 Å². The number of aromatic amines is 1. The van der Waals surface area contributed by atoms with Gasteiger partial charge in [-0.15, -0.1) is 0 Å². The summed E-state index contributed by atoms with van der Waals surface area (Å²) in [6, 6.07) is 3.69. The third kappa shape index (κ3) is 3.49. The number of aromatic nitrogens is 2. The highest BCUT2D eigenvalue weighted by molar-refractivity contribution is 6.26. The number of carbonyl (C=O) groups is 2. The first-order chi connectivity index (χ1) is 13.7. The van der Waals surface area contributed by atoms with Gasteiger partial charge in [0.1, 0.15) is 5.65 Å². The summed E-state index contributed by atoms with van der Waals surface area (Å²) in [7, 11) is 0. The predicted octanol–water partition coefficient (Wildman–Crippen LogP) is 1.11. The van der Waals surface area contributed by atoms with E-state index in [0.29, 0.717) is 32.0 Å². The van der Waals surface area contributed by atoms with E-state index in [1.807, 2.05) is 17.1 Å². The van der Waals surface area contributed by atoms with Crippen molar-refractivity contribution >= 4 is 28.9 Å². The molecule has 9 nitrogen and oxygen atoms in total. The molecule has 0 radical (unpaired) electrons. The number of fused-ring (bicyclic) bond motifs is 1. The van der Waals surface area contributed by atoms with Gasteiger partial charge in [-0.1, -0.05) is 0 Å². The monoisotopic (exact) mass is 384 g/mol. The molecular weight excluding hydrogens is 364 g/mol. The molecule has 28 heavy (non-hydrogen) atoms. The first kappa shape index (κ1) is 18.2. The summed E-state index contributed by atoms with van der Waals surface area (Å²) < 4.78 is 16.1. The Labute approximate surface area is 160 Å². The maximum atomic E-state index is 12.9. The number of esters is 1. The largest absolute Gasteiger partial charge is 0.462 e. The highest BCUT2D eigenvalue weighted by atomic mass is 16.5. The highest BCUT2D eigenvalue weighted by Crippen LogP contribution is 2.28. The van der Waals surface area contributed by atoms with Gasteiger partial charge in [0, 0.05) is 36.4 Å². The second-order valence-corrected chi connectivity index (χ2v) is 6.22. The Morgan fingerprint density at radius 2 is 2.25 bits per heavy atom. The molecule has 0 saturated carbocycles. The summed E-state index contributed by atoms with van der Waals surface area (Å²) in [6.45, 7) is 4.15. The summed E-state index contributed by atoms with van der Waals surface area (Å²) in [5.74, 6) is -1.11. The van der Waals surface area contributed by atoms with Crippen LogP contribution in [0.2, 0.25) is 0 Å². The van der Waals surface area contributed by atoms with Crippen LogP contribution in [-0.2, 0) is 23.8 Å². The molecule has 0 spiro atoms. The Bertz CT molecular complexity index is 972. The van der Waals surface area contributed by atoms with Crippen LogP contribution in [-0.4, -0.2) is 59.6 Å². The van der Waals surface area contributed by atoms with Crippen molar-refractivity contribution < 1.29 is 23.8 Å². The van der Waals surface area contributed by atoms with E-state index in [4.69, 9.17) is 14.2 Å². The predicted molar refractivity (Wildman–Crippen MR) is 99.3 cm³/mol. The van der Waals surface area contributed by atoms with Crippen molar-refractivity contribution in [3.05, 3.63) is 47.3 Å². The Morgan fingerprint density at radius 3 is 3.04 bits per heavy atom. The van der Waals surface area contributed by atoms with Crippen molar-refractivity contribution in [1.29, 1.82) is 0 Å². The zero-order valence-corrected chi connectivity index (χ0v) is 15.4. The third-order valence-corrected chi connectivity index (χ3v) is 4.41. The average molecular weight is 384 g/mol. The molecule has 0 aromatic carbocycles. The maximum Gasteiger partial charge on any atom is 0.347 e. The normalized spacial score (nSPS) is 19.3. The first-order valence-corrected chi connectivity index (χ1v) is 9.04. The molecule has 0 amide bonds. The number of allylic oxidation sites excluding steroid dienone is 1. The van der Waals surface area contributed by atoms with Crippen molar-refractivity contribution in [1.82, 2.24) is 20.4 Å². The lowest BCUT2D eigenvalue weighted by molar-refractivity contribution is -0.139. The molecule has 2 aliphatic heterocycles. The molecule has 0 unspecified atom stereocenters. The smallest absolute Gasteiger partial charge is 0.347 e. The molecule has 0 aliphatic carbocycles. The molecule has 0 bridgehead atoms. The van der Waals surface area contributed by atoms with E-state index >= 15 is 0 Å². The summed E-state index contributed by atoms with van der Waals surface area (Å²) in [6.07, 6.45) is 5.01. The van der Waals surface area contributed by atoms with Gasteiger partial charge in [0.15, 0.2) is 11.3 Å². The Hall–Kier alpha value is -3.17. The number of rotatable bonds is 5. The Morgan fingerprint density at radius 1 is 1.43 bits per heavy atom. The van der Waals surface area contributed by atoms with Crippen molar-refractivity contribution in [2.24, 2.45) is 0 Å². The quantitative estimate of drug-likeness (QED) is 0.449. The van der Waals surface area contributed by atoms with Crippen LogP contribution in [0.1, 0.15) is 12.5 Å². The lowest BCUT2D eigenvalue weighted by atomic mass is 10.1. The molecule has 4 rings (SSSR count). The molecule has 2 N–H and O–H groups in total. The zero-order valence-electron chi connectivity index (χ0n) is 15.4. The van der Waals surface area contributed by atoms with Crippen LogP contribution in [0.3, 0.4) is 0 Å². The zero-order chi connectivity index (χ0) is 19.5. The number of hydrogen-bond acceptors (Lipinski definition) is 8. The van der Waals surface area contributed by atoms with Crippen molar-refractivity contribution in [2.45, 2.75) is 6.92 Å². The summed E-state index contributed by atoms with van der Waals surface area (Å²) in [4.78, 5) is 32.5. The van der Waals surface area contributed by atoms with Gasteiger partial charge >= 0.3 is 5.97 Å². The summed E-state index contributed by atoms with van der Waals surface area (Å²) in [5, 5.41) is 2.68. The number of pyridine rings is 1. The van der Waals surface area contributed by atoms with Crippen molar-refractivity contribution in [3.63, 3.8) is 0 Å². The molecule has 2 aliphatic rings. The highest BCUT2D eigenvalue weighted by Gasteiger charge is 2.37. The number of Topliss-reactive ketones (excluding diaryl/α,β-unsaturated/α-hetero) is 1. The second kappa shape index (κ2) is 7.83. The fourth-order valence-corrected chi connectivity index (χ4v) is 3.05. The lowest BCUT2D eigenvalue weighted by Gasteiger charge is -2.27. The van der Waals surface area contributed by atoms with E-state index < -0.39 is 11.8 Å². The van der Waals surface area contributed by atoms with Gasteiger partial charge in [-0.3, -0.25) is 10.2 Å². The molecule has 1 saturated heterocycles. The molecule has 9 heteroatoms. The molecule has 146 valence electrons. The molecular formula is C19H20N4O5. The fourth-order valence-electron chi connectivity index (χ4n) is 3.05. The number of carbonyl (C=O) groups excluding carboxylic acids is 2. The number of hydrogen-bond donors (Lipinski definition) is 2. The van der Waals surface area contributed by atoms with E-state index in [1.54, 1.807) is 25.4 Å². The van der Waals surface area contributed by atoms with Gasteiger partial charge in [0.05, 0.1) is 19.8 Å². The summed E-state index contributed by atoms with van der Waals surface area (Å²) in [5.41, 5.74) is 4.31. The van der Waals surface area contributed by atoms with E-state index in [2.05, 4.69) is 15.4 Å². The Kier molecular flexibility index (Phi) is 5.09. The van der Waals surface area contributed by atoms with Gasteiger partial charge in [0.2, 0.25) is 11.7 Å². The standard InChI is InChI=1S/C19H20N4O5/c1-2-27-19(25)15-16(24)14(28-18(15)22-23-6-8-26-9-7-23)10-12-11-21-17-13(12)4-3-5-20-17/h3-5,10-11,22H,2,6-9H2,1H3,(H,20,21)/b14-10-. The minimum atomic E-state index is -0.716.